The predicted molar refractivity (Wildman–Crippen MR) is 67.8 cm³/mol. The summed E-state index contributed by atoms with van der Waals surface area (Å²) in [5.41, 5.74) is 2.50. The number of benzene rings is 1. The monoisotopic (exact) mass is 248 g/mol. The number of carboxylic acids is 1. The third-order valence-electron chi connectivity index (χ3n) is 3.06. The minimum absolute atomic E-state index is 0.328. The SMILES string of the molecule is C[C@@H](NC(=O)c1cccc2c1CCCN2)C(=O)O. The van der Waals surface area contributed by atoms with Crippen molar-refractivity contribution in [2.45, 2.75) is 25.8 Å². The zero-order chi connectivity index (χ0) is 13.1. The molecule has 18 heavy (non-hydrogen) atoms. The van der Waals surface area contributed by atoms with E-state index in [0.29, 0.717) is 5.56 Å². The van der Waals surface area contributed by atoms with Crippen LogP contribution in [0.4, 0.5) is 5.69 Å². The maximum Gasteiger partial charge on any atom is 0.325 e. The minimum Gasteiger partial charge on any atom is -0.480 e. The van der Waals surface area contributed by atoms with Gasteiger partial charge >= 0.3 is 5.97 Å². The number of fused-ring (bicyclic) bond motifs is 1. The van der Waals surface area contributed by atoms with Crippen molar-refractivity contribution in [1.82, 2.24) is 5.32 Å². The van der Waals surface area contributed by atoms with E-state index in [1.165, 1.54) is 6.92 Å². The van der Waals surface area contributed by atoms with Gasteiger partial charge in [0.15, 0.2) is 0 Å². The van der Waals surface area contributed by atoms with Crippen LogP contribution in [0.25, 0.3) is 0 Å². The van der Waals surface area contributed by atoms with Gasteiger partial charge in [-0.2, -0.15) is 0 Å². The van der Waals surface area contributed by atoms with E-state index in [0.717, 1.165) is 30.6 Å². The molecule has 0 radical (unpaired) electrons. The molecule has 0 bridgehead atoms. The van der Waals surface area contributed by atoms with Crippen LogP contribution in [0.2, 0.25) is 0 Å². The van der Waals surface area contributed by atoms with Gasteiger partial charge in [0.25, 0.3) is 5.91 Å². The van der Waals surface area contributed by atoms with Gasteiger partial charge in [-0.3, -0.25) is 9.59 Å². The Bertz CT molecular complexity index is 485. The zero-order valence-electron chi connectivity index (χ0n) is 10.2. The van der Waals surface area contributed by atoms with Crippen LogP contribution >= 0.6 is 0 Å². The van der Waals surface area contributed by atoms with Gasteiger partial charge in [-0.05, 0) is 37.5 Å². The smallest absolute Gasteiger partial charge is 0.325 e. The first-order valence-corrected chi connectivity index (χ1v) is 5.99. The molecular formula is C13H16N2O3. The lowest BCUT2D eigenvalue weighted by Gasteiger charge is -2.21. The molecule has 1 amide bonds. The van der Waals surface area contributed by atoms with Gasteiger partial charge in [0.2, 0.25) is 0 Å². The molecule has 0 spiro atoms. The van der Waals surface area contributed by atoms with E-state index in [1.54, 1.807) is 12.1 Å². The molecule has 0 saturated heterocycles. The van der Waals surface area contributed by atoms with Crippen LogP contribution in [0.5, 0.6) is 0 Å². The van der Waals surface area contributed by atoms with Crippen LogP contribution in [0.3, 0.4) is 0 Å². The molecule has 2 rings (SSSR count). The van der Waals surface area contributed by atoms with E-state index < -0.39 is 12.0 Å². The first kappa shape index (κ1) is 12.4. The average Bonchev–Trinajstić information content (AvgIpc) is 2.37. The summed E-state index contributed by atoms with van der Waals surface area (Å²) in [5.74, 6) is -1.36. The highest BCUT2D eigenvalue weighted by Crippen LogP contribution is 2.25. The Kier molecular flexibility index (Phi) is 3.50. The molecule has 1 heterocycles. The number of aliphatic carboxylic acids is 1. The Hall–Kier alpha value is -2.04. The summed E-state index contributed by atoms with van der Waals surface area (Å²) in [6.45, 7) is 2.36. The predicted octanol–water partition coefficient (Wildman–Crippen LogP) is 1.25. The Morgan fingerprint density at radius 2 is 2.22 bits per heavy atom. The van der Waals surface area contributed by atoms with Crippen LogP contribution in [0.1, 0.15) is 29.3 Å². The van der Waals surface area contributed by atoms with Gasteiger partial charge in [0.1, 0.15) is 6.04 Å². The van der Waals surface area contributed by atoms with Gasteiger partial charge in [0.05, 0.1) is 0 Å². The van der Waals surface area contributed by atoms with Crippen molar-refractivity contribution in [3.8, 4) is 0 Å². The van der Waals surface area contributed by atoms with Crippen LogP contribution < -0.4 is 10.6 Å². The molecule has 1 aromatic rings. The van der Waals surface area contributed by atoms with Crippen molar-refractivity contribution >= 4 is 17.6 Å². The standard InChI is InChI=1S/C13H16N2O3/c1-8(13(17)18)15-12(16)10-4-2-6-11-9(10)5-3-7-14-11/h2,4,6,8,14H,3,5,7H2,1H3,(H,15,16)(H,17,18)/t8-/m1/s1. The second-order valence-corrected chi connectivity index (χ2v) is 4.40. The summed E-state index contributed by atoms with van der Waals surface area (Å²) in [7, 11) is 0. The minimum atomic E-state index is -1.04. The molecular weight excluding hydrogens is 232 g/mol. The van der Waals surface area contributed by atoms with E-state index in [9.17, 15) is 9.59 Å². The number of hydrogen-bond acceptors (Lipinski definition) is 3. The van der Waals surface area contributed by atoms with Gasteiger partial charge in [-0.25, -0.2) is 0 Å². The fraction of sp³-hybridized carbons (Fsp3) is 0.385. The molecule has 0 fully saturated rings. The maximum absolute atomic E-state index is 12.0. The fourth-order valence-corrected chi connectivity index (χ4v) is 2.06. The molecule has 1 aliphatic heterocycles. The van der Waals surface area contributed by atoms with Crippen molar-refractivity contribution in [3.05, 3.63) is 29.3 Å². The van der Waals surface area contributed by atoms with Crippen LogP contribution in [-0.4, -0.2) is 29.6 Å². The maximum atomic E-state index is 12.0. The number of carbonyl (C=O) groups is 2. The average molecular weight is 248 g/mol. The van der Waals surface area contributed by atoms with E-state index in [2.05, 4.69) is 10.6 Å². The summed E-state index contributed by atoms with van der Waals surface area (Å²) >= 11 is 0. The van der Waals surface area contributed by atoms with Crippen LogP contribution in [0, 0.1) is 0 Å². The second-order valence-electron chi connectivity index (χ2n) is 4.40. The largest absolute Gasteiger partial charge is 0.480 e. The van der Waals surface area contributed by atoms with Crippen molar-refractivity contribution in [2.75, 3.05) is 11.9 Å². The second kappa shape index (κ2) is 5.08. The summed E-state index contributed by atoms with van der Waals surface area (Å²) in [6.07, 6.45) is 1.82. The molecule has 0 unspecified atom stereocenters. The number of hydrogen-bond donors (Lipinski definition) is 3. The molecule has 5 heteroatoms. The number of carbonyl (C=O) groups excluding carboxylic acids is 1. The van der Waals surface area contributed by atoms with E-state index >= 15 is 0 Å². The van der Waals surface area contributed by atoms with Gasteiger partial charge in [-0.15, -0.1) is 0 Å². The van der Waals surface area contributed by atoms with Crippen LogP contribution in [-0.2, 0) is 11.2 Å². The molecule has 0 aliphatic carbocycles. The number of rotatable bonds is 3. The summed E-state index contributed by atoms with van der Waals surface area (Å²) in [5, 5.41) is 14.5. The topological polar surface area (TPSA) is 78.4 Å². The van der Waals surface area contributed by atoms with E-state index in [-0.39, 0.29) is 5.91 Å². The molecule has 0 aromatic heterocycles. The highest BCUT2D eigenvalue weighted by molar-refractivity contribution is 5.99. The molecule has 5 nitrogen and oxygen atoms in total. The molecule has 96 valence electrons. The molecule has 3 N–H and O–H groups in total. The van der Waals surface area contributed by atoms with Crippen molar-refractivity contribution in [1.29, 1.82) is 0 Å². The molecule has 1 atom stereocenters. The lowest BCUT2D eigenvalue weighted by molar-refractivity contribution is -0.138. The third-order valence-corrected chi connectivity index (χ3v) is 3.06. The van der Waals surface area contributed by atoms with E-state index in [4.69, 9.17) is 5.11 Å². The first-order chi connectivity index (χ1) is 8.59. The van der Waals surface area contributed by atoms with Crippen molar-refractivity contribution in [3.63, 3.8) is 0 Å². The third kappa shape index (κ3) is 2.45. The number of anilines is 1. The number of nitrogens with one attached hydrogen (secondary N) is 2. The quantitative estimate of drug-likeness (QED) is 0.752. The normalized spacial score (nSPS) is 15.2. The van der Waals surface area contributed by atoms with Gasteiger partial charge in [0, 0.05) is 17.8 Å². The number of amides is 1. The fourth-order valence-electron chi connectivity index (χ4n) is 2.06. The molecule has 0 saturated carbocycles. The van der Waals surface area contributed by atoms with Gasteiger partial charge < -0.3 is 15.7 Å². The lowest BCUT2D eigenvalue weighted by atomic mass is 9.97. The lowest BCUT2D eigenvalue weighted by Crippen LogP contribution is -2.38. The van der Waals surface area contributed by atoms with Crippen molar-refractivity contribution < 1.29 is 14.7 Å². The Morgan fingerprint density at radius 1 is 1.44 bits per heavy atom. The summed E-state index contributed by atoms with van der Waals surface area (Å²) < 4.78 is 0. The van der Waals surface area contributed by atoms with E-state index in [1.807, 2.05) is 6.07 Å². The Morgan fingerprint density at radius 3 is 2.94 bits per heavy atom. The molecule has 1 aromatic carbocycles. The Labute approximate surface area is 105 Å². The zero-order valence-corrected chi connectivity index (χ0v) is 10.2. The number of carboxylic acid groups (broad SMARTS) is 1. The molecule has 1 aliphatic rings. The Balaban J connectivity index is 2.23. The highest BCUT2D eigenvalue weighted by Gasteiger charge is 2.20. The summed E-state index contributed by atoms with van der Waals surface area (Å²) in [6, 6.07) is 4.59. The van der Waals surface area contributed by atoms with Crippen molar-refractivity contribution in [2.24, 2.45) is 0 Å². The first-order valence-electron chi connectivity index (χ1n) is 5.99. The van der Waals surface area contributed by atoms with Crippen LogP contribution in [0.15, 0.2) is 18.2 Å². The summed E-state index contributed by atoms with van der Waals surface area (Å²) in [4.78, 5) is 22.8. The van der Waals surface area contributed by atoms with Gasteiger partial charge in [-0.1, -0.05) is 6.07 Å². The highest BCUT2D eigenvalue weighted by atomic mass is 16.4.